The molecule has 126 valence electrons. The highest BCUT2D eigenvalue weighted by molar-refractivity contribution is 6.35. The molecule has 2 aromatic rings. The van der Waals surface area contributed by atoms with E-state index in [1.54, 1.807) is 30.3 Å². The van der Waals surface area contributed by atoms with Crippen LogP contribution in [0.25, 0.3) is 0 Å². The van der Waals surface area contributed by atoms with E-state index in [4.69, 9.17) is 28.5 Å². The minimum absolute atomic E-state index is 0.0614. The second kappa shape index (κ2) is 5.47. The zero-order valence-electron chi connectivity index (χ0n) is 13.3. The number of benzene rings is 2. The zero-order chi connectivity index (χ0) is 17.9. The van der Waals surface area contributed by atoms with Crippen LogP contribution in [0, 0.1) is 22.7 Å². The molecule has 0 aromatic heterocycles. The smallest absolute Gasteiger partial charge is 0.236 e. The first-order valence-corrected chi connectivity index (χ1v) is 8.61. The van der Waals surface area contributed by atoms with E-state index in [-0.39, 0.29) is 17.7 Å². The van der Waals surface area contributed by atoms with Crippen molar-refractivity contribution in [1.29, 1.82) is 5.26 Å². The Morgan fingerprint density at radius 1 is 1.16 bits per heavy atom. The third kappa shape index (κ3) is 2.27. The first kappa shape index (κ1) is 16.4. The van der Waals surface area contributed by atoms with E-state index >= 15 is 0 Å². The lowest BCUT2D eigenvalue weighted by Gasteiger charge is -2.27. The molecule has 2 aromatic carbocycles. The maximum Gasteiger partial charge on any atom is 0.236 e. The van der Waals surface area contributed by atoms with Crippen molar-refractivity contribution in [2.75, 3.05) is 4.90 Å². The summed E-state index contributed by atoms with van der Waals surface area (Å²) in [6.07, 6.45) is -0.937. The van der Waals surface area contributed by atoms with Crippen LogP contribution in [0.3, 0.4) is 0 Å². The standard InChI is InChI=1S/C19H14Cl2N2O2/c1-19-15(11-4-2-10(9-22)3-5-11)16(19)17(24)23(18(19)25)14-7-12(20)6-13(21)8-14/h2-8,15-17,24H,1H3/t15-,16-,17?,19-/m0/s1. The van der Waals surface area contributed by atoms with Gasteiger partial charge < -0.3 is 5.11 Å². The van der Waals surface area contributed by atoms with Crippen molar-refractivity contribution < 1.29 is 9.90 Å². The molecule has 1 aliphatic carbocycles. The zero-order valence-corrected chi connectivity index (χ0v) is 14.8. The van der Waals surface area contributed by atoms with E-state index in [0.29, 0.717) is 21.3 Å². The summed E-state index contributed by atoms with van der Waals surface area (Å²) >= 11 is 12.1. The predicted molar refractivity (Wildman–Crippen MR) is 95.4 cm³/mol. The maximum absolute atomic E-state index is 13.0. The molecule has 1 saturated heterocycles. The molecule has 0 bridgehead atoms. The Hall–Kier alpha value is -2.06. The lowest BCUT2D eigenvalue weighted by molar-refractivity contribution is -0.122. The van der Waals surface area contributed by atoms with E-state index in [9.17, 15) is 9.90 Å². The molecule has 1 amide bonds. The van der Waals surface area contributed by atoms with Gasteiger partial charge in [-0.15, -0.1) is 0 Å². The van der Waals surface area contributed by atoms with Crippen molar-refractivity contribution >= 4 is 34.8 Å². The van der Waals surface area contributed by atoms with Gasteiger partial charge in [0.25, 0.3) is 0 Å². The summed E-state index contributed by atoms with van der Waals surface area (Å²) in [7, 11) is 0. The van der Waals surface area contributed by atoms with Gasteiger partial charge in [0.2, 0.25) is 5.91 Å². The van der Waals surface area contributed by atoms with E-state index in [1.807, 2.05) is 19.1 Å². The number of hydrogen-bond acceptors (Lipinski definition) is 3. The topological polar surface area (TPSA) is 64.3 Å². The van der Waals surface area contributed by atoms with Crippen LogP contribution in [0.5, 0.6) is 0 Å². The highest BCUT2D eigenvalue weighted by Gasteiger charge is 2.76. The molecule has 1 N–H and O–H groups in total. The fourth-order valence-corrected chi connectivity index (χ4v) is 4.63. The molecule has 2 fully saturated rings. The molecule has 4 rings (SSSR count). The van der Waals surface area contributed by atoms with Crippen molar-refractivity contribution in [2.24, 2.45) is 11.3 Å². The first-order chi connectivity index (χ1) is 11.9. The lowest BCUT2D eigenvalue weighted by Crippen LogP contribution is -2.39. The van der Waals surface area contributed by atoms with Gasteiger partial charge in [-0.3, -0.25) is 9.69 Å². The van der Waals surface area contributed by atoms with Gasteiger partial charge in [0.15, 0.2) is 0 Å². The summed E-state index contributed by atoms with van der Waals surface area (Å²) in [5.74, 6) is -0.406. The first-order valence-electron chi connectivity index (χ1n) is 7.86. The number of fused-ring (bicyclic) bond motifs is 1. The van der Waals surface area contributed by atoms with Crippen LogP contribution < -0.4 is 4.90 Å². The quantitative estimate of drug-likeness (QED) is 0.867. The molecular formula is C19H14Cl2N2O2. The number of halogens is 2. The van der Waals surface area contributed by atoms with Gasteiger partial charge in [-0.2, -0.15) is 5.26 Å². The van der Waals surface area contributed by atoms with Gasteiger partial charge in [-0.25, -0.2) is 0 Å². The highest BCUT2D eigenvalue weighted by atomic mass is 35.5. The van der Waals surface area contributed by atoms with E-state index in [2.05, 4.69) is 6.07 Å². The second-order valence-electron chi connectivity index (χ2n) is 6.74. The molecule has 4 atom stereocenters. The minimum Gasteiger partial charge on any atom is -0.373 e. The van der Waals surface area contributed by atoms with Crippen LogP contribution in [0.2, 0.25) is 10.0 Å². The SMILES string of the molecule is C[C@@]12C(=O)N(c3cc(Cl)cc(Cl)c3)C(O)[C@@H]1[C@@H]2c1ccc(C#N)cc1. The number of nitriles is 1. The number of anilines is 1. The number of carbonyl (C=O) groups is 1. The third-order valence-electron chi connectivity index (χ3n) is 5.38. The Morgan fingerprint density at radius 2 is 1.76 bits per heavy atom. The minimum atomic E-state index is -0.937. The Labute approximate surface area is 155 Å². The van der Waals surface area contributed by atoms with Crippen molar-refractivity contribution in [3.63, 3.8) is 0 Å². The molecule has 0 spiro atoms. The van der Waals surface area contributed by atoms with Gasteiger partial charge in [0.05, 0.1) is 17.0 Å². The summed E-state index contributed by atoms with van der Waals surface area (Å²) in [5, 5.41) is 20.5. The number of nitrogens with zero attached hydrogens (tertiary/aromatic N) is 2. The average molecular weight is 373 g/mol. The molecule has 25 heavy (non-hydrogen) atoms. The summed E-state index contributed by atoms with van der Waals surface area (Å²) in [4.78, 5) is 14.4. The Kier molecular flexibility index (Phi) is 3.59. The molecule has 1 saturated carbocycles. The third-order valence-corrected chi connectivity index (χ3v) is 5.81. The molecule has 6 heteroatoms. The molecule has 1 unspecified atom stereocenters. The number of amides is 1. The maximum atomic E-state index is 13.0. The van der Waals surface area contributed by atoms with E-state index in [1.165, 1.54) is 4.90 Å². The number of aliphatic hydroxyl groups is 1. The second-order valence-corrected chi connectivity index (χ2v) is 7.61. The molecule has 1 aliphatic heterocycles. The van der Waals surface area contributed by atoms with Crippen LogP contribution >= 0.6 is 23.2 Å². The van der Waals surface area contributed by atoms with Crippen LogP contribution in [0.1, 0.15) is 24.0 Å². The molecule has 0 radical (unpaired) electrons. The highest BCUT2D eigenvalue weighted by Crippen LogP contribution is 2.71. The number of aliphatic hydroxyl groups excluding tert-OH is 1. The summed E-state index contributed by atoms with van der Waals surface area (Å²) in [6, 6.07) is 14.1. The van der Waals surface area contributed by atoms with Gasteiger partial charge in [-0.1, -0.05) is 35.3 Å². The number of carbonyl (C=O) groups excluding carboxylic acids is 1. The van der Waals surface area contributed by atoms with E-state index < -0.39 is 11.6 Å². The summed E-state index contributed by atoms with van der Waals surface area (Å²) in [6.45, 7) is 1.87. The van der Waals surface area contributed by atoms with Gasteiger partial charge in [0, 0.05) is 27.6 Å². The summed E-state index contributed by atoms with van der Waals surface area (Å²) in [5.41, 5.74) is 1.37. The number of hydrogen-bond donors (Lipinski definition) is 1. The predicted octanol–water partition coefficient (Wildman–Crippen LogP) is 3.95. The normalized spacial score (nSPS) is 30.1. The van der Waals surface area contributed by atoms with E-state index in [0.717, 1.165) is 5.56 Å². The van der Waals surface area contributed by atoms with Crippen LogP contribution in [0.4, 0.5) is 5.69 Å². The fourth-order valence-electron chi connectivity index (χ4n) is 4.11. The molecular weight excluding hydrogens is 359 g/mol. The van der Waals surface area contributed by atoms with Crippen LogP contribution in [0.15, 0.2) is 42.5 Å². The van der Waals surface area contributed by atoms with Crippen molar-refractivity contribution in [2.45, 2.75) is 19.1 Å². The Balaban J connectivity index is 1.67. The monoisotopic (exact) mass is 372 g/mol. The van der Waals surface area contributed by atoms with Gasteiger partial charge in [-0.05, 0) is 42.8 Å². The number of piperidine rings is 1. The lowest BCUT2D eigenvalue weighted by atomic mass is 9.99. The number of rotatable bonds is 2. The Bertz CT molecular complexity index is 902. The summed E-state index contributed by atoms with van der Waals surface area (Å²) < 4.78 is 0. The Morgan fingerprint density at radius 3 is 2.24 bits per heavy atom. The van der Waals surface area contributed by atoms with Crippen molar-refractivity contribution in [3.05, 3.63) is 63.6 Å². The van der Waals surface area contributed by atoms with Gasteiger partial charge in [0.1, 0.15) is 6.23 Å². The van der Waals surface area contributed by atoms with Gasteiger partial charge >= 0.3 is 0 Å². The van der Waals surface area contributed by atoms with Crippen molar-refractivity contribution in [3.8, 4) is 6.07 Å². The molecule has 2 aliphatic rings. The largest absolute Gasteiger partial charge is 0.373 e. The van der Waals surface area contributed by atoms with Crippen LogP contribution in [-0.2, 0) is 4.79 Å². The molecule has 1 heterocycles. The molecule has 4 nitrogen and oxygen atoms in total. The van der Waals surface area contributed by atoms with Crippen LogP contribution in [-0.4, -0.2) is 17.2 Å². The fraction of sp³-hybridized carbons (Fsp3) is 0.263. The van der Waals surface area contributed by atoms with Crippen molar-refractivity contribution in [1.82, 2.24) is 0 Å². The average Bonchev–Trinajstić information content (AvgIpc) is 3.15.